The molecule has 0 aliphatic rings. The van der Waals surface area contributed by atoms with Gasteiger partial charge >= 0.3 is 0 Å². The van der Waals surface area contributed by atoms with Crippen molar-refractivity contribution in [3.05, 3.63) is 86.7 Å². The molecule has 0 bridgehead atoms. The van der Waals surface area contributed by atoms with E-state index in [4.69, 9.17) is 39.8 Å². The van der Waals surface area contributed by atoms with Gasteiger partial charge in [-0.3, -0.25) is 0 Å². The van der Waals surface area contributed by atoms with E-state index in [2.05, 4.69) is 37.3 Å². The van der Waals surface area contributed by atoms with Gasteiger partial charge in [0.05, 0.1) is 15.7 Å². The molecule has 1 aromatic heterocycles. The first-order valence-corrected chi connectivity index (χ1v) is 10.3. The number of hydrogen-bond acceptors (Lipinski definition) is 2. The third-order valence-corrected chi connectivity index (χ3v) is 6.24. The van der Waals surface area contributed by atoms with Crippen LogP contribution in [-0.2, 0) is 0 Å². The maximum Gasteiger partial charge on any atom is 0.124 e. The molecule has 0 fully saturated rings. The Bertz CT molecular complexity index is 1120. The van der Waals surface area contributed by atoms with Gasteiger partial charge in [-0.2, -0.15) is 0 Å². The van der Waals surface area contributed by atoms with Crippen molar-refractivity contribution in [2.24, 2.45) is 0 Å². The Morgan fingerprint density at radius 1 is 0.704 bits per heavy atom. The van der Waals surface area contributed by atoms with Crippen LogP contribution in [0.25, 0.3) is 33.0 Å². The predicted octanol–water partition coefficient (Wildman–Crippen LogP) is 8.41. The normalized spacial score (nSPS) is 11.0. The fraction of sp³-hybridized carbons (Fsp3) is 0.0455. The lowest BCUT2D eigenvalue weighted by molar-refractivity contribution is 1.40. The van der Waals surface area contributed by atoms with E-state index in [-0.39, 0.29) is 0 Å². The number of aryl methyl sites for hydroxylation is 1. The number of rotatable bonds is 3. The summed E-state index contributed by atoms with van der Waals surface area (Å²) in [6, 6.07) is 19.9. The molecule has 0 amide bonds. The van der Waals surface area contributed by atoms with Gasteiger partial charge in [0.15, 0.2) is 0 Å². The Labute approximate surface area is 177 Å². The van der Waals surface area contributed by atoms with Gasteiger partial charge in [-0.25, -0.2) is 4.98 Å². The molecule has 0 radical (unpaired) electrons. The van der Waals surface area contributed by atoms with Crippen LogP contribution in [0.1, 0.15) is 5.56 Å². The van der Waals surface area contributed by atoms with Crippen molar-refractivity contribution >= 4 is 46.1 Å². The first-order chi connectivity index (χ1) is 13.0. The second kappa shape index (κ2) is 7.65. The molecule has 1 nitrogen and oxygen atoms in total. The van der Waals surface area contributed by atoms with Crippen LogP contribution in [0.15, 0.2) is 66.0 Å². The highest BCUT2D eigenvalue weighted by Gasteiger charge is 2.10. The fourth-order valence-electron chi connectivity index (χ4n) is 2.85. The zero-order valence-corrected chi connectivity index (χ0v) is 17.4. The average Bonchev–Trinajstić information content (AvgIpc) is 3.16. The maximum absolute atomic E-state index is 6.35. The molecule has 27 heavy (non-hydrogen) atoms. The average molecular weight is 431 g/mol. The quantitative estimate of drug-likeness (QED) is 0.318. The lowest BCUT2D eigenvalue weighted by Gasteiger charge is -2.07. The summed E-state index contributed by atoms with van der Waals surface area (Å²) >= 11 is 20.1. The van der Waals surface area contributed by atoms with E-state index < -0.39 is 0 Å². The van der Waals surface area contributed by atoms with Gasteiger partial charge in [-0.1, -0.05) is 76.8 Å². The number of halogens is 3. The van der Waals surface area contributed by atoms with Crippen molar-refractivity contribution in [3.63, 3.8) is 0 Å². The van der Waals surface area contributed by atoms with Crippen LogP contribution in [0.4, 0.5) is 0 Å². The minimum absolute atomic E-state index is 0.531. The highest BCUT2D eigenvalue weighted by atomic mass is 35.5. The monoisotopic (exact) mass is 429 g/mol. The first kappa shape index (κ1) is 18.5. The van der Waals surface area contributed by atoms with Crippen LogP contribution in [-0.4, -0.2) is 4.98 Å². The SMILES string of the molecule is Cc1ccc(Cl)c(-c2ccc(-c3nc(-c4ccc(Cl)c(Cl)c4)cs3)cc2)c1. The van der Waals surface area contributed by atoms with Crippen LogP contribution < -0.4 is 0 Å². The zero-order valence-electron chi connectivity index (χ0n) is 14.3. The molecular formula is C22H14Cl3NS. The zero-order chi connectivity index (χ0) is 19.0. The molecule has 0 aliphatic heterocycles. The highest BCUT2D eigenvalue weighted by molar-refractivity contribution is 7.13. The molecule has 4 aromatic rings. The molecule has 0 saturated heterocycles. The highest BCUT2D eigenvalue weighted by Crippen LogP contribution is 2.34. The van der Waals surface area contributed by atoms with Gasteiger partial charge in [0, 0.05) is 27.1 Å². The van der Waals surface area contributed by atoms with E-state index in [9.17, 15) is 0 Å². The lowest BCUT2D eigenvalue weighted by atomic mass is 10.0. The summed E-state index contributed by atoms with van der Waals surface area (Å²) in [5, 5.41) is 4.81. The number of nitrogens with zero attached hydrogens (tertiary/aromatic N) is 1. The number of aromatic nitrogens is 1. The van der Waals surface area contributed by atoms with Crippen molar-refractivity contribution in [2.75, 3.05) is 0 Å². The Kier molecular flexibility index (Phi) is 5.25. The third-order valence-electron chi connectivity index (χ3n) is 4.28. The molecule has 4 rings (SSSR count). The molecule has 0 aliphatic carbocycles. The van der Waals surface area contributed by atoms with E-state index in [1.165, 1.54) is 5.56 Å². The van der Waals surface area contributed by atoms with Gasteiger partial charge in [-0.15, -0.1) is 11.3 Å². The number of benzene rings is 3. The molecule has 0 spiro atoms. The minimum Gasteiger partial charge on any atom is -0.236 e. The largest absolute Gasteiger partial charge is 0.236 e. The van der Waals surface area contributed by atoms with E-state index >= 15 is 0 Å². The lowest BCUT2D eigenvalue weighted by Crippen LogP contribution is -1.83. The molecule has 134 valence electrons. The van der Waals surface area contributed by atoms with E-state index in [1.807, 2.05) is 29.6 Å². The summed E-state index contributed by atoms with van der Waals surface area (Å²) in [6.45, 7) is 2.06. The van der Waals surface area contributed by atoms with Crippen molar-refractivity contribution in [3.8, 4) is 33.0 Å². The molecule has 1 heterocycles. The van der Waals surface area contributed by atoms with Crippen LogP contribution >= 0.6 is 46.1 Å². The van der Waals surface area contributed by atoms with Gasteiger partial charge in [0.1, 0.15) is 5.01 Å². The first-order valence-electron chi connectivity index (χ1n) is 8.29. The van der Waals surface area contributed by atoms with Crippen molar-refractivity contribution in [1.82, 2.24) is 4.98 Å². The van der Waals surface area contributed by atoms with Gasteiger partial charge in [0.2, 0.25) is 0 Å². The Morgan fingerprint density at radius 2 is 1.37 bits per heavy atom. The van der Waals surface area contributed by atoms with Crippen LogP contribution in [0, 0.1) is 6.92 Å². The van der Waals surface area contributed by atoms with Gasteiger partial charge in [0.25, 0.3) is 0 Å². The van der Waals surface area contributed by atoms with Crippen LogP contribution in [0.2, 0.25) is 15.1 Å². The molecule has 0 atom stereocenters. The van der Waals surface area contributed by atoms with E-state index in [1.54, 1.807) is 17.4 Å². The molecule has 0 N–H and O–H groups in total. The molecule has 0 saturated carbocycles. The smallest absolute Gasteiger partial charge is 0.124 e. The van der Waals surface area contributed by atoms with Gasteiger partial charge in [-0.05, 0) is 36.8 Å². The maximum atomic E-state index is 6.35. The summed E-state index contributed by atoms with van der Waals surface area (Å²) in [5.41, 5.74) is 6.23. The molecule has 0 unspecified atom stereocenters. The van der Waals surface area contributed by atoms with Crippen LogP contribution in [0.3, 0.4) is 0 Å². The second-order valence-corrected chi connectivity index (χ2v) is 8.31. The topological polar surface area (TPSA) is 12.9 Å². The Balaban J connectivity index is 1.64. The van der Waals surface area contributed by atoms with Crippen molar-refractivity contribution in [2.45, 2.75) is 6.92 Å². The summed E-state index contributed by atoms with van der Waals surface area (Å²) < 4.78 is 0. The molecule has 3 aromatic carbocycles. The Morgan fingerprint density at radius 3 is 2.11 bits per heavy atom. The molecular weight excluding hydrogens is 417 g/mol. The van der Waals surface area contributed by atoms with E-state index in [0.717, 1.165) is 38.0 Å². The Hall–Kier alpha value is -1.84. The van der Waals surface area contributed by atoms with Crippen LogP contribution in [0.5, 0.6) is 0 Å². The third kappa shape index (κ3) is 3.90. The predicted molar refractivity (Wildman–Crippen MR) is 118 cm³/mol. The van der Waals surface area contributed by atoms with Gasteiger partial charge < -0.3 is 0 Å². The standard InChI is InChI=1S/C22H14Cl3NS/c1-13-2-8-18(23)17(10-13)14-3-5-15(6-4-14)22-26-21(12-27-22)16-7-9-19(24)20(25)11-16/h2-12H,1H3. The van der Waals surface area contributed by atoms with E-state index in [0.29, 0.717) is 10.0 Å². The number of thiazole rings is 1. The number of hydrogen-bond donors (Lipinski definition) is 0. The summed E-state index contributed by atoms with van der Waals surface area (Å²) in [4.78, 5) is 4.75. The molecule has 5 heteroatoms. The summed E-state index contributed by atoms with van der Waals surface area (Å²) in [7, 11) is 0. The second-order valence-electron chi connectivity index (χ2n) is 6.23. The van der Waals surface area contributed by atoms with Crippen molar-refractivity contribution in [1.29, 1.82) is 0 Å². The fourth-order valence-corrected chi connectivity index (χ4v) is 4.21. The summed E-state index contributed by atoms with van der Waals surface area (Å²) in [5.74, 6) is 0. The minimum atomic E-state index is 0.531. The summed E-state index contributed by atoms with van der Waals surface area (Å²) in [6.07, 6.45) is 0. The van der Waals surface area contributed by atoms with Crippen molar-refractivity contribution < 1.29 is 0 Å².